The zero-order valence-electron chi connectivity index (χ0n) is 11.0. The molecule has 0 N–H and O–H groups in total. The van der Waals surface area contributed by atoms with E-state index in [-0.39, 0.29) is 10.9 Å². The minimum atomic E-state index is -0.428. The maximum Gasteiger partial charge on any atom is 0.321 e. The third-order valence-corrected chi connectivity index (χ3v) is 3.46. The normalized spacial score (nSPS) is 10.1. The van der Waals surface area contributed by atoms with Crippen molar-refractivity contribution in [3.8, 4) is 5.75 Å². The first kappa shape index (κ1) is 14.3. The van der Waals surface area contributed by atoms with E-state index in [1.54, 1.807) is 36.4 Å². The Morgan fingerprint density at radius 1 is 1.00 bits per heavy atom. The van der Waals surface area contributed by atoms with Gasteiger partial charge in [0.25, 0.3) is 0 Å². The van der Waals surface area contributed by atoms with Crippen molar-refractivity contribution in [2.75, 3.05) is 5.75 Å². The van der Waals surface area contributed by atoms with Crippen LogP contribution in [0.1, 0.15) is 15.9 Å². The van der Waals surface area contributed by atoms with Crippen molar-refractivity contribution in [1.29, 1.82) is 0 Å². The molecule has 0 aromatic heterocycles. The summed E-state index contributed by atoms with van der Waals surface area (Å²) in [6.07, 6.45) is 0. The van der Waals surface area contributed by atoms with Crippen LogP contribution < -0.4 is 4.74 Å². The number of esters is 1. The first-order valence-corrected chi connectivity index (χ1v) is 7.13. The minimum Gasteiger partial charge on any atom is -0.426 e. The topological polar surface area (TPSA) is 43.4 Å². The quantitative estimate of drug-likeness (QED) is 0.637. The molecule has 2 aromatic carbocycles. The van der Waals surface area contributed by atoms with E-state index in [4.69, 9.17) is 4.74 Å². The molecule has 2 rings (SSSR count). The average molecular weight is 286 g/mol. The predicted octanol–water partition coefficient (Wildman–Crippen LogP) is 3.47. The van der Waals surface area contributed by atoms with Crippen LogP contribution in [0.4, 0.5) is 0 Å². The Hall–Kier alpha value is -2.07. The molecular weight excluding hydrogens is 272 g/mol. The molecular formula is C16H14O3S. The molecule has 20 heavy (non-hydrogen) atoms. The number of carbonyl (C=O) groups is 2. The summed E-state index contributed by atoms with van der Waals surface area (Å²) >= 11 is 0.947. The Kier molecular flexibility index (Phi) is 4.96. The Bertz CT molecular complexity index is 591. The summed E-state index contributed by atoms with van der Waals surface area (Å²) in [6.45, 7) is 1.96. The van der Waals surface area contributed by atoms with Crippen LogP contribution in [0.25, 0.3) is 0 Å². The lowest BCUT2D eigenvalue weighted by Crippen LogP contribution is -2.12. The monoisotopic (exact) mass is 286 g/mol. The van der Waals surface area contributed by atoms with Crippen LogP contribution in [-0.2, 0) is 4.79 Å². The highest BCUT2D eigenvalue weighted by Gasteiger charge is 2.11. The lowest BCUT2D eigenvalue weighted by Gasteiger charge is -2.04. The molecule has 0 aliphatic carbocycles. The molecule has 0 bridgehead atoms. The fourth-order valence-electron chi connectivity index (χ4n) is 1.55. The van der Waals surface area contributed by atoms with E-state index in [0.717, 1.165) is 17.3 Å². The van der Waals surface area contributed by atoms with E-state index in [1.807, 2.05) is 25.1 Å². The third-order valence-electron chi connectivity index (χ3n) is 2.58. The van der Waals surface area contributed by atoms with Gasteiger partial charge in [-0.05, 0) is 19.1 Å². The van der Waals surface area contributed by atoms with Crippen LogP contribution in [0.3, 0.4) is 0 Å². The molecule has 0 radical (unpaired) electrons. The van der Waals surface area contributed by atoms with Crippen LogP contribution >= 0.6 is 11.8 Å². The van der Waals surface area contributed by atoms with Gasteiger partial charge in [0.05, 0.1) is 5.75 Å². The standard InChI is InChI=1S/C16H14O3S/c1-12-7-9-14(10-8-12)19-15(17)11-20-16(18)13-5-3-2-4-6-13/h2-10H,11H2,1H3. The molecule has 0 saturated heterocycles. The predicted molar refractivity (Wildman–Crippen MR) is 80.0 cm³/mol. The second-order valence-electron chi connectivity index (χ2n) is 4.23. The number of ether oxygens (including phenoxy) is 1. The highest BCUT2D eigenvalue weighted by molar-refractivity contribution is 8.14. The van der Waals surface area contributed by atoms with Gasteiger partial charge in [0, 0.05) is 5.56 Å². The van der Waals surface area contributed by atoms with E-state index < -0.39 is 5.97 Å². The number of rotatable bonds is 4. The van der Waals surface area contributed by atoms with Gasteiger partial charge in [-0.15, -0.1) is 0 Å². The fourth-order valence-corrected chi connectivity index (χ4v) is 2.16. The number of hydrogen-bond donors (Lipinski definition) is 0. The van der Waals surface area contributed by atoms with Gasteiger partial charge in [-0.2, -0.15) is 0 Å². The van der Waals surface area contributed by atoms with Crippen molar-refractivity contribution >= 4 is 22.8 Å². The van der Waals surface area contributed by atoms with Crippen molar-refractivity contribution in [3.05, 3.63) is 65.7 Å². The van der Waals surface area contributed by atoms with Gasteiger partial charge < -0.3 is 4.74 Å². The maximum atomic E-state index is 11.8. The number of carbonyl (C=O) groups excluding carboxylic acids is 2. The summed E-state index contributed by atoms with van der Waals surface area (Å²) in [7, 11) is 0. The molecule has 0 unspecified atom stereocenters. The number of hydrogen-bond acceptors (Lipinski definition) is 4. The van der Waals surface area contributed by atoms with Gasteiger partial charge in [-0.25, -0.2) is 0 Å². The zero-order chi connectivity index (χ0) is 14.4. The second-order valence-corrected chi connectivity index (χ2v) is 5.18. The van der Waals surface area contributed by atoms with Gasteiger partial charge in [0.1, 0.15) is 5.75 Å². The molecule has 0 heterocycles. The second kappa shape index (κ2) is 6.91. The molecule has 4 heteroatoms. The molecule has 0 aliphatic heterocycles. The Balaban J connectivity index is 1.83. The summed E-state index contributed by atoms with van der Waals surface area (Å²) < 4.78 is 5.14. The van der Waals surface area contributed by atoms with Crippen molar-refractivity contribution < 1.29 is 14.3 Å². The molecule has 0 saturated carbocycles. The van der Waals surface area contributed by atoms with Crippen LogP contribution in [0, 0.1) is 6.92 Å². The van der Waals surface area contributed by atoms with Crippen molar-refractivity contribution in [3.63, 3.8) is 0 Å². The van der Waals surface area contributed by atoms with Crippen LogP contribution in [0.5, 0.6) is 5.75 Å². The Labute approximate surface area is 122 Å². The van der Waals surface area contributed by atoms with E-state index in [1.165, 1.54) is 0 Å². The maximum absolute atomic E-state index is 11.8. The average Bonchev–Trinajstić information content (AvgIpc) is 2.48. The van der Waals surface area contributed by atoms with Crippen LogP contribution in [0.2, 0.25) is 0 Å². The molecule has 0 spiro atoms. The lowest BCUT2D eigenvalue weighted by molar-refractivity contribution is -0.131. The van der Waals surface area contributed by atoms with E-state index >= 15 is 0 Å². The Morgan fingerprint density at radius 3 is 2.30 bits per heavy atom. The smallest absolute Gasteiger partial charge is 0.321 e. The largest absolute Gasteiger partial charge is 0.426 e. The SMILES string of the molecule is Cc1ccc(OC(=O)CSC(=O)c2ccccc2)cc1. The molecule has 0 amide bonds. The van der Waals surface area contributed by atoms with Crippen molar-refractivity contribution in [2.45, 2.75) is 6.92 Å². The molecule has 102 valence electrons. The zero-order valence-corrected chi connectivity index (χ0v) is 11.9. The Morgan fingerprint density at radius 2 is 1.65 bits per heavy atom. The summed E-state index contributed by atoms with van der Waals surface area (Å²) in [4.78, 5) is 23.4. The first-order chi connectivity index (χ1) is 9.65. The summed E-state index contributed by atoms with van der Waals surface area (Å²) in [5.41, 5.74) is 1.68. The van der Waals surface area contributed by atoms with Gasteiger partial charge in [0.15, 0.2) is 0 Å². The molecule has 3 nitrogen and oxygen atoms in total. The third kappa shape index (κ3) is 4.24. The van der Waals surface area contributed by atoms with Gasteiger partial charge in [0.2, 0.25) is 5.12 Å². The molecule has 0 atom stereocenters. The lowest BCUT2D eigenvalue weighted by atomic mass is 10.2. The highest BCUT2D eigenvalue weighted by atomic mass is 32.2. The van der Waals surface area contributed by atoms with Crippen molar-refractivity contribution in [2.24, 2.45) is 0 Å². The first-order valence-electron chi connectivity index (χ1n) is 6.14. The minimum absolute atomic E-state index is 0.00159. The van der Waals surface area contributed by atoms with Crippen LogP contribution in [-0.4, -0.2) is 16.8 Å². The molecule has 2 aromatic rings. The van der Waals surface area contributed by atoms with Crippen molar-refractivity contribution in [1.82, 2.24) is 0 Å². The van der Waals surface area contributed by atoms with Gasteiger partial charge >= 0.3 is 5.97 Å². The highest BCUT2D eigenvalue weighted by Crippen LogP contribution is 2.15. The molecule has 0 aliphatic rings. The summed E-state index contributed by atoms with van der Waals surface area (Å²) in [5, 5.41) is -0.133. The molecule has 0 fully saturated rings. The van der Waals surface area contributed by atoms with E-state index in [9.17, 15) is 9.59 Å². The van der Waals surface area contributed by atoms with Gasteiger partial charge in [-0.1, -0.05) is 59.8 Å². The number of benzene rings is 2. The van der Waals surface area contributed by atoms with E-state index in [2.05, 4.69) is 0 Å². The fraction of sp³-hybridized carbons (Fsp3) is 0.125. The number of thioether (sulfide) groups is 1. The summed E-state index contributed by atoms with van der Waals surface area (Å²) in [6, 6.07) is 16.1. The van der Waals surface area contributed by atoms with E-state index in [0.29, 0.717) is 11.3 Å². The van der Waals surface area contributed by atoms with Crippen LogP contribution in [0.15, 0.2) is 54.6 Å². The number of aryl methyl sites for hydroxylation is 1. The van der Waals surface area contributed by atoms with Gasteiger partial charge in [-0.3, -0.25) is 9.59 Å². The summed E-state index contributed by atoms with van der Waals surface area (Å²) in [5.74, 6) is 0.0678.